The van der Waals surface area contributed by atoms with E-state index in [1.807, 2.05) is 13.8 Å². The second kappa shape index (κ2) is 9.20. The molecule has 1 aromatic rings. The highest BCUT2D eigenvalue weighted by molar-refractivity contribution is 5.83. The van der Waals surface area contributed by atoms with E-state index < -0.39 is 0 Å². The van der Waals surface area contributed by atoms with Crippen LogP contribution in [0.15, 0.2) is 30.3 Å². The van der Waals surface area contributed by atoms with Gasteiger partial charge in [-0.1, -0.05) is 65.0 Å². The smallest absolute Gasteiger partial charge is 0.226 e. The van der Waals surface area contributed by atoms with Crippen LogP contribution in [0.25, 0.3) is 0 Å². The normalized spacial score (nSPS) is 39.1. The summed E-state index contributed by atoms with van der Waals surface area (Å²) in [5, 5.41) is 6.91. The largest absolute Gasteiger partial charge is 0.353 e. The summed E-state index contributed by atoms with van der Waals surface area (Å²) in [4.78, 5) is 13.5. The third-order valence-electron chi connectivity index (χ3n) is 7.66. The van der Waals surface area contributed by atoms with Crippen LogP contribution < -0.4 is 10.6 Å². The van der Waals surface area contributed by atoms with Gasteiger partial charge in [0.15, 0.2) is 0 Å². The van der Waals surface area contributed by atoms with Gasteiger partial charge in [-0.05, 0) is 80.3 Å². The molecule has 6 atom stereocenters. The summed E-state index contributed by atoms with van der Waals surface area (Å²) >= 11 is 0. The molecule has 3 fully saturated rings. The minimum absolute atomic E-state index is 0.174. The van der Waals surface area contributed by atoms with Crippen molar-refractivity contribution < 1.29 is 4.79 Å². The van der Waals surface area contributed by atoms with Gasteiger partial charge in [-0.25, -0.2) is 0 Å². The summed E-state index contributed by atoms with van der Waals surface area (Å²) in [5.74, 6) is 2.24. The van der Waals surface area contributed by atoms with Crippen molar-refractivity contribution in [2.24, 2.45) is 23.2 Å². The van der Waals surface area contributed by atoms with Gasteiger partial charge in [-0.15, -0.1) is 0 Å². The third-order valence-corrected chi connectivity index (χ3v) is 7.66. The molecule has 1 aliphatic heterocycles. The van der Waals surface area contributed by atoms with E-state index in [4.69, 9.17) is 0 Å². The predicted octanol–water partition coefficient (Wildman–Crippen LogP) is 5.30. The monoisotopic (exact) mass is 398 g/mol. The molecule has 4 rings (SSSR count). The Morgan fingerprint density at radius 2 is 1.83 bits per heavy atom. The molecule has 1 aromatic carbocycles. The Labute approximate surface area is 178 Å². The number of hydrogen-bond acceptors (Lipinski definition) is 2. The molecule has 1 saturated heterocycles. The molecule has 6 unspecified atom stereocenters. The molecule has 1 amide bonds. The first kappa shape index (κ1) is 22.3. The Morgan fingerprint density at radius 3 is 2.52 bits per heavy atom. The van der Waals surface area contributed by atoms with Crippen molar-refractivity contribution in [3.8, 4) is 0 Å². The lowest BCUT2D eigenvalue weighted by molar-refractivity contribution is -0.137. The fourth-order valence-electron chi connectivity index (χ4n) is 6.67. The van der Waals surface area contributed by atoms with Crippen molar-refractivity contribution in [3.63, 3.8) is 0 Å². The summed E-state index contributed by atoms with van der Waals surface area (Å²) in [7, 11) is 0. The van der Waals surface area contributed by atoms with Gasteiger partial charge in [-0.3, -0.25) is 4.79 Å². The van der Waals surface area contributed by atoms with Crippen molar-refractivity contribution in [1.82, 2.24) is 10.6 Å². The quantitative estimate of drug-likeness (QED) is 0.725. The second-order valence-corrected chi connectivity index (χ2v) is 10.3. The number of carbonyl (C=O) groups is 1. The minimum Gasteiger partial charge on any atom is -0.353 e. The SMILES string of the molecule is CC.CC1CC2CC(C)(C(=O)NC3CCNCC3C)CC(c3ccccc3)(C1)C2. The van der Waals surface area contributed by atoms with Crippen LogP contribution in [0.2, 0.25) is 0 Å². The predicted molar refractivity (Wildman–Crippen MR) is 122 cm³/mol. The number of piperidine rings is 1. The number of nitrogens with one attached hydrogen (secondary N) is 2. The lowest BCUT2D eigenvalue weighted by Gasteiger charge is -2.54. The molecule has 1 heterocycles. The van der Waals surface area contributed by atoms with Gasteiger partial charge in [0.1, 0.15) is 0 Å². The Hall–Kier alpha value is -1.35. The molecular formula is C26H42N2O. The molecule has 3 heteroatoms. The maximum absolute atomic E-state index is 13.5. The average Bonchev–Trinajstić information content (AvgIpc) is 2.71. The topological polar surface area (TPSA) is 41.1 Å². The van der Waals surface area contributed by atoms with Crippen LogP contribution in [0.5, 0.6) is 0 Å². The molecular weight excluding hydrogens is 356 g/mol. The standard InChI is InChI=1S/C24H36N2O.C2H6/c1-17-11-19-13-23(3,22(27)26-21-9-10-25-15-18(21)2)16-24(12-17,14-19)20-7-5-4-6-8-20;1-2/h4-8,17-19,21,25H,9-16H2,1-3H3,(H,26,27);1-2H3. The fourth-order valence-corrected chi connectivity index (χ4v) is 6.67. The summed E-state index contributed by atoms with van der Waals surface area (Å²) < 4.78 is 0. The highest BCUT2D eigenvalue weighted by Gasteiger charge is 2.53. The number of rotatable bonds is 3. The van der Waals surface area contributed by atoms with E-state index in [-0.39, 0.29) is 10.8 Å². The lowest BCUT2D eigenvalue weighted by atomic mass is 9.50. The van der Waals surface area contributed by atoms with E-state index in [2.05, 4.69) is 61.7 Å². The van der Waals surface area contributed by atoms with Crippen molar-refractivity contribution in [2.75, 3.05) is 13.1 Å². The first-order chi connectivity index (χ1) is 13.9. The number of hydrogen-bond donors (Lipinski definition) is 2. The Balaban J connectivity index is 0.00000117. The highest BCUT2D eigenvalue weighted by atomic mass is 16.2. The molecule has 0 spiro atoms. The second-order valence-electron chi connectivity index (χ2n) is 10.3. The maximum atomic E-state index is 13.5. The van der Waals surface area contributed by atoms with Crippen LogP contribution in [0.3, 0.4) is 0 Å². The number of benzene rings is 1. The molecule has 3 nitrogen and oxygen atoms in total. The van der Waals surface area contributed by atoms with E-state index in [0.717, 1.165) is 38.3 Å². The Bertz CT molecular complexity index is 671. The van der Waals surface area contributed by atoms with E-state index in [1.54, 1.807) is 0 Å². The van der Waals surface area contributed by atoms with Gasteiger partial charge in [-0.2, -0.15) is 0 Å². The van der Waals surface area contributed by atoms with Crippen molar-refractivity contribution in [2.45, 2.75) is 84.6 Å². The number of carbonyl (C=O) groups excluding carboxylic acids is 1. The summed E-state index contributed by atoms with van der Waals surface area (Å²) in [5.41, 5.74) is 1.38. The first-order valence-corrected chi connectivity index (χ1v) is 12.0. The van der Waals surface area contributed by atoms with Gasteiger partial charge in [0.05, 0.1) is 0 Å². The molecule has 0 radical (unpaired) electrons. The molecule has 0 aromatic heterocycles. The lowest BCUT2D eigenvalue weighted by Crippen LogP contribution is -2.56. The van der Waals surface area contributed by atoms with E-state index >= 15 is 0 Å². The van der Waals surface area contributed by atoms with Crippen LogP contribution in [0.4, 0.5) is 0 Å². The molecule has 2 saturated carbocycles. The maximum Gasteiger partial charge on any atom is 0.226 e. The third kappa shape index (κ3) is 4.71. The van der Waals surface area contributed by atoms with Gasteiger partial charge in [0.25, 0.3) is 0 Å². The summed E-state index contributed by atoms with van der Waals surface area (Å²) in [6.07, 6.45) is 6.86. The highest BCUT2D eigenvalue weighted by Crippen LogP contribution is 2.58. The van der Waals surface area contributed by atoms with Crippen LogP contribution >= 0.6 is 0 Å². The zero-order chi connectivity index (χ0) is 21.1. The number of amides is 1. The molecule has 2 aliphatic carbocycles. The van der Waals surface area contributed by atoms with Gasteiger partial charge in [0, 0.05) is 11.5 Å². The molecule has 2 N–H and O–H groups in total. The van der Waals surface area contributed by atoms with E-state index in [1.165, 1.54) is 24.8 Å². The Kier molecular flexibility index (Phi) is 7.09. The Morgan fingerprint density at radius 1 is 1.10 bits per heavy atom. The number of fused-ring (bicyclic) bond motifs is 2. The van der Waals surface area contributed by atoms with Crippen LogP contribution in [-0.2, 0) is 10.2 Å². The van der Waals surface area contributed by atoms with Gasteiger partial charge < -0.3 is 10.6 Å². The van der Waals surface area contributed by atoms with Crippen LogP contribution in [0, 0.1) is 23.2 Å². The summed E-state index contributed by atoms with van der Waals surface area (Å²) in [6, 6.07) is 11.4. The van der Waals surface area contributed by atoms with Crippen molar-refractivity contribution in [3.05, 3.63) is 35.9 Å². The van der Waals surface area contributed by atoms with Gasteiger partial charge >= 0.3 is 0 Å². The van der Waals surface area contributed by atoms with Crippen molar-refractivity contribution >= 4 is 5.91 Å². The van der Waals surface area contributed by atoms with E-state index in [9.17, 15) is 4.79 Å². The summed E-state index contributed by atoms with van der Waals surface area (Å²) in [6.45, 7) is 12.9. The zero-order valence-electron chi connectivity index (χ0n) is 19.3. The molecule has 29 heavy (non-hydrogen) atoms. The molecule has 3 aliphatic rings. The zero-order valence-corrected chi connectivity index (χ0v) is 19.3. The molecule has 2 bridgehead atoms. The minimum atomic E-state index is -0.247. The molecule has 162 valence electrons. The van der Waals surface area contributed by atoms with Crippen molar-refractivity contribution in [1.29, 1.82) is 0 Å². The fraction of sp³-hybridized carbons (Fsp3) is 0.731. The average molecular weight is 399 g/mol. The van der Waals surface area contributed by atoms with Gasteiger partial charge in [0.2, 0.25) is 5.91 Å². The first-order valence-electron chi connectivity index (χ1n) is 12.0. The van der Waals surface area contributed by atoms with Crippen LogP contribution in [-0.4, -0.2) is 25.0 Å². The van der Waals surface area contributed by atoms with Crippen LogP contribution in [0.1, 0.15) is 78.7 Å². The van der Waals surface area contributed by atoms with E-state index in [0.29, 0.717) is 23.8 Å².